The number of nitrogens with zero attached hydrogens (tertiary/aromatic N) is 4. The second-order valence-electron chi connectivity index (χ2n) is 7.69. The molecule has 1 aromatic heterocycles. The molecule has 0 unspecified atom stereocenters. The van der Waals surface area contributed by atoms with Crippen LogP contribution < -0.4 is 0 Å². The molecule has 4 rings (SSSR count). The van der Waals surface area contributed by atoms with Crippen LogP contribution in [-0.4, -0.2) is 31.8 Å². The van der Waals surface area contributed by atoms with Crippen LogP contribution in [0, 0.1) is 11.7 Å². The van der Waals surface area contributed by atoms with Gasteiger partial charge in [0, 0.05) is 12.6 Å². The highest BCUT2D eigenvalue weighted by Gasteiger charge is 2.23. The molecule has 2 heterocycles. The monoisotopic (exact) mass is 392 g/mol. The molecule has 146 valence electrons. The molecule has 4 nitrogen and oxygen atoms in total. The normalized spacial score (nSPS) is 17.7. The minimum absolute atomic E-state index is 0.553. The average molecular weight is 393 g/mol. The third-order valence-electron chi connectivity index (χ3n) is 5.67. The van der Waals surface area contributed by atoms with Crippen molar-refractivity contribution < 1.29 is 0 Å². The highest BCUT2D eigenvalue weighted by atomic mass is 32.1. The Morgan fingerprint density at radius 3 is 2.36 bits per heavy atom. The van der Waals surface area contributed by atoms with Crippen LogP contribution >= 0.6 is 12.2 Å². The number of hydrogen-bond donors (Lipinski definition) is 0. The topological polar surface area (TPSA) is 26.0 Å². The standard InChI is InChI=1S/C23H28N4S/c1-19-24-27(23(28)26(19)17-21-12-6-3-7-13-21)18-25-15-9-8-14-22(25)16-20-10-4-2-5-11-20/h2-7,10-13,22H,8-9,14-18H2,1H3/t22-/m0/s1. The van der Waals surface area contributed by atoms with E-state index in [-0.39, 0.29) is 0 Å². The van der Waals surface area contributed by atoms with Gasteiger partial charge in [0.25, 0.3) is 0 Å². The lowest BCUT2D eigenvalue weighted by Gasteiger charge is -2.35. The predicted molar refractivity (Wildman–Crippen MR) is 116 cm³/mol. The summed E-state index contributed by atoms with van der Waals surface area (Å²) < 4.78 is 4.96. The van der Waals surface area contributed by atoms with Crippen LogP contribution in [0.1, 0.15) is 36.2 Å². The summed E-state index contributed by atoms with van der Waals surface area (Å²) >= 11 is 5.79. The summed E-state index contributed by atoms with van der Waals surface area (Å²) in [5.41, 5.74) is 2.66. The lowest BCUT2D eigenvalue weighted by atomic mass is 9.96. The Bertz CT molecular complexity index is 946. The van der Waals surface area contributed by atoms with Crippen molar-refractivity contribution in [1.29, 1.82) is 0 Å². The van der Waals surface area contributed by atoms with Gasteiger partial charge in [-0.2, -0.15) is 5.10 Å². The molecule has 2 aromatic carbocycles. The van der Waals surface area contributed by atoms with E-state index in [2.05, 4.69) is 64.1 Å². The molecule has 0 aliphatic carbocycles. The number of likely N-dealkylation sites (tertiary alicyclic amines) is 1. The number of aromatic nitrogens is 3. The van der Waals surface area contributed by atoms with E-state index in [1.54, 1.807) is 0 Å². The van der Waals surface area contributed by atoms with Gasteiger partial charge in [0.05, 0.1) is 13.2 Å². The molecular weight excluding hydrogens is 364 g/mol. The second-order valence-corrected chi connectivity index (χ2v) is 8.06. The molecule has 1 aliphatic heterocycles. The van der Waals surface area contributed by atoms with Crippen molar-refractivity contribution in [1.82, 2.24) is 19.2 Å². The number of rotatable bonds is 6. The molecule has 1 aliphatic rings. The maximum atomic E-state index is 5.79. The van der Waals surface area contributed by atoms with Crippen LogP contribution in [-0.2, 0) is 19.6 Å². The fourth-order valence-electron chi connectivity index (χ4n) is 4.12. The van der Waals surface area contributed by atoms with Crippen LogP contribution in [0.5, 0.6) is 0 Å². The van der Waals surface area contributed by atoms with E-state index in [1.165, 1.54) is 30.4 Å². The highest BCUT2D eigenvalue weighted by Crippen LogP contribution is 2.21. The van der Waals surface area contributed by atoms with E-state index >= 15 is 0 Å². The SMILES string of the molecule is Cc1nn(CN2CCCC[C@H]2Cc2ccccc2)c(=S)n1Cc1ccccc1. The van der Waals surface area contributed by atoms with E-state index in [1.807, 2.05) is 17.7 Å². The molecule has 0 radical (unpaired) electrons. The van der Waals surface area contributed by atoms with Gasteiger partial charge in [-0.3, -0.25) is 9.47 Å². The first-order chi connectivity index (χ1) is 13.7. The van der Waals surface area contributed by atoms with Crippen LogP contribution in [0.2, 0.25) is 0 Å². The third kappa shape index (κ3) is 4.42. The molecule has 0 amide bonds. The Morgan fingerprint density at radius 1 is 0.964 bits per heavy atom. The summed E-state index contributed by atoms with van der Waals surface area (Å²) in [6.45, 7) is 4.72. The fourth-order valence-corrected chi connectivity index (χ4v) is 4.42. The first kappa shape index (κ1) is 19.1. The Hall–Kier alpha value is -2.24. The Morgan fingerprint density at radius 2 is 1.64 bits per heavy atom. The molecule has 0 bridgehead atoms. The summed E-state index contributed by atoms with van der Waals surface area (Å²) in [4.78, 5) is 2.56. The highest BCUT2D eigenvalue weighted by molar-refractivity contribution is 7.71. The van der Waals surface area contributed by atoms with Crippen molar-refractivity contribution in [2.45, 2.75) is 51.9 Å². The number of piperidine rings is 1. The largest absolute Gasteiger partial charge is 0.300 e. The molecule has 1 saturated heterocycles. The number of hydrogen-bond acceptors (Lipinski definition) is 3. The van der Waals surface area contributed by atoms with Crippen LogP contribution in [0.25, 0.3) is 0 Å². The van der Waals surface area contributed by atoms with Crippen molar-refractivity contribution in [3.63, 3.8) is 0 Å². The smallest absolute Gasteiger partial charge is 0.199 e. The van der Waals surface area contributed by atoms with Gasteiger partial charge in [0.15, 0.2) is 4.77 Å². The maximum Gasteiger partial charge on any atom is 0.199 e. The lowest BCUT2D eigenvalue weighted by molar-refractivity contribution is 0.103. The zero-order chi connectivity index (χ0) is 19.3. The zero-order valence-electron chi connectivity index (χ0n) is 16.5. The summed E-state index contributed by atoms with van der Waals surface area (Å²) in [6.07, 6.45) is 4.90. The molecule has 1 fully saturated rings. The molecular formula is C23H28N4S. The Labute approximate surface area is 172 Å². The van der Waals surface area contributed by atoms with Gasteiger partial charge in [-0.1, -0.05) is 67.1 Å². The van der Waals surface area contributed by atoms with Crippen molar-refractivity contribution >= 4 is 12.2 Å². The van der Waals surface area contributed by atoms with Crippen molar-refractivity contribution in [2.24, 2.45) is 0 Å². The van der Waals surface area contributed by atoms with E-state index in [9.17, 15) is 0 Å². The zero-order valence-corrected chi connectivity index (χ0v) is 17.3. The third-order valence-corrected chi connectivity index (χ3v) is 6.10. The molecule has 1 atom stereocenters. The van der Waals surface area contributed by atoms with E-state index in [0.717, 1.165) is 36.8 Å². The van der Waals surface area contributed by atoms with Gasteiger partial charge < -0.3 is 0 Å². The average Bonchev–Trinajstić information content (AvgIpc) is 2.98. The van der Waals surface area contributed by atoms with Crippen LogP contribution in [0.15, 0.2) is 60.7 Å². The van der Waals surface area contributed by atoms with Gasteiger partial charge in [-0.05, 0) is 49.5 Å². The molecule has 5 heteroatoms. The lowest BCUT2D eigenvalue weighted by Crippen LogP contribution is -2.42. The summed E-state index contributed by atoms with van der Waals surface area (Å²) in [6, 6.07) is 21.8. The van der Waals surface area contributed by atoms with E-state index in [0.29, 0.717) is 6.04 Å². The summed E-state index contributed by atoms with van der Waals surface area (Å²) in [7, 11) is 0. The van der Waals surface area contributed by atoms with Gasteiger partial charge in [0.2, 0.25) is 0 Å². The molecule has 28 heavy (non-hydrogen) atoms. The minimum Gasteiger partial charge on any atom is -0.300 e. The van der Waals surface area contributed by atoms with E-state index < -0.39 is 0 Å². The fraction of sp³-hybridized carbons (Fsp3) is 0.391. The predicted octanol–water partition coefficient (Wildman–Crippen LogP) is 4.83. The van der Waals surface area contributed by atoms with Crippen LogP contribution in [0.4, 0.5) is 0 Å². The van der Waals surface area contributed by atoms with Crippen molar-refractivity contribution in [3.05, 3.63) is 82.4 Å². The second kappa shape index (κ2) is 8.84. The Balaban J connectivity index is 1.51. The summed E-state index contributed by atoms with van der Waals surface area (Å²) in [5.74, 6) is 0.977. The summed E-state index contributed by atoms with van der Waals surface area (Å²) in [5, 5.41) is 4.78. The van der Waals surface area contributed by atoms with Gasteiger partial charge in [-0.25, -0.2) is 4.68 Å². The first-order valence-corrected chi connectivity index (χ1v) is 10.6. The van der Waals surface area contributed by atoms with Crippen molar-refractivity contribution in [2.75, 3.05) is 6.54 Å². The quantitative estimate of drug-likeness (QED) is 0.562. The molecule has 0 saturated carbocycles. The van der Waals surface area contributed by atoms with Gasteiger partial charge >= 0.3 is 0 Å². The van der Waals surface area contributed by atoms with Gasteiger partial charge in [0.1, 0.15) is 5.82 Å². The Kier molecular flexibility index (Phi) is 6.03. The van der Waals surface area contributed by atoms with Gasteiger partial charge in [-0.15, -0.1) is 0 Å². The maximum absolute atomic E-state index is 5.79. The molecule has 0 N–H and O–H groups in total. The number of aryl methyl sites for hydroxylation is 1. The minimum atomic E-state index is 0.553. The molecule has 0 spiro atoms. The van der Waals surface area contributed by atoms with Crippen LogP contribution in [0.3, 0.4) is 0 Å². The number of benzene rings is 2. The first-order valence-electron chi connectivity index (χ1n) is 10.2. The van der Waals surface area contributed by atoms with E-state index in [4.69, 9.17) is 17.3 Å². The molecule has 3 aromatic rings. The van der Waals surface area contributed by atoms with Crippen molar-refractivity contribution in [3.8, 4) is 0 Å².